The van der Waals surface area contributed by atoms with Crippen molar-refractivity contribution in [2.24, 2.45) is 5.92 Å². The minimum absolute atomic E-state index is 0.254. The number of nitrogens with one attached hydrogen (secondary N) is 1. The molecule has 2 atom stereocenters. The van der Waals surface area contributed by atoms with Gasteiger partial charge in [-0.2, -0.15) is 0 Å². The van der Waals surface area contributed by atoms with E-state index in [1.165, 1.54) is 25.3 Å². The van der Waals surface area contributed by atoms with Crippen molar-refractivity contribution in [3.8, 4) is 0 Å². The molecule has 0 aliphatic heterocycles. The van der Waals surface area contributed by atoms with Crippen molar-refractivity contribution in [2.75, 3.05) is 12.4 Å². The third kappa shape index (κ3) is 3.60. The van der Waals surface area contributed by atoms with Crippen LogP contribution in [0.25, 0.3) is 0 Å². The predicted molar refractivity (Wildman–Crippen MR) is 65.7 cm³/mol. The molecule has 1 N–H and O–H groups in total. The van der Waals surface area contributed by atoms with Crippen molar-refractivity contribution in [1.82, 2.24) is 0 Å². The zero-order chi connectivity index (χ0) is 13.0. The summed E-state index contributed by atoms with van der Waals surface area (Å²) in [5, 5.41) is 3.34. The van der Waals surface area contributed by atoms with E-state index in [4.69, 9.17) is 11.6 Å². The van der Waals surface area contributed by atoms with Crippen LogP contribution in [0, 0.1) is 11.7 Å². The molecule has 0 aliphatic carbocycles. The first-order valence-electron chi connectivity index (χ1n) is 5.25. The number of anilines is 1. The van der Waals surface area contributed by atoms with Gasteiger partial charge in [0, 0.05) is 11.1 Å². The van der Waals surface area contributed by atoms with E-state index in [-0.39, 0.29) is 23.6 Å². The van der Waals surface area contributed by atoms with Gasteiger partial charge in [0.15, 0.2) is 0 Å². The first kappa shape index (κ1) is 13.8. The highest BCUT2D eigenvalue weighted by molar-refractivity contribution is 6.30. The number of benzene rings is 1. The summed E-state index contributed by atoms with van der Waals surface area (Å²) in [6.45, 7) is 3.49. The SMILES string of the molecule is COC(=O)C(C)C(C)Nc1cc(Cl)ccc1F. The zero-order valence-electron chi connectivity index (χ0n) is 9.96. The van der Waals surface area contributed by atoms with Gasteiger partial charge in [-0.05, 0) is 32.0 Å². The molecule has 3 nitrogen and oxygen atoms in total. The maximum absolute atomic E-state index is 13.4. The Morgan fingerprint density at radius 3 is 2.71 bits per heavy atom. The number of hydrogen-bond donors (Lipinski definition) is 1. The number of carbonyl (C=O) groups excluding carboxylic acids is 1. The van der Waals surface area contributed by atoms with E-state index in [2.05, 4.69) is 10.1 Å². The Morgan fingerprint density at radius 2 is 2.12 bits per heavy atom. The Balaban J connectivity index is 2.77. The summed E-state index contributed by atoms with van der Waals surface area (Å²) < 4.78 is 18.1. The molecule has 0 bridgehead atoms. The van der Waals surface area contributed by atoms with Gasteiger partial charge in [-0.15, -0.1) is 0 Å². The number of methoxy groups -OCH3 is 1. The Morgan fingerprint density at radius 1 is 1.47 bits per heavy atom. The lowest BCUT2D eigenvalue weighted by Gasteiger charge is -2.20. The van der Waals surface area contributed by atoms with Gasteiger partial charge < -0.3 is 10.1 Å². The first-order chi connectivity index (χ1) is 7.95. The third-order valence-corrected chi connectivity index (χ3v) is 2.87. The molecule has 0 amide bonds. The monoisotopic (exact) mass is 259 g/mol. The summed E-state index contributed by atoms with van der Waals surface area (Å²) in [5.74, 6) is -1.12. The van der Waals surface area contributed by atoms with Crippen LogP contribution in [0.5, 0.6) is 0 Å². The Bertz CT molecular complexity index is 411. The summed E-state index contributed by atoms with van der Waals surface area (Å²) in [6.07, 6.45) is 0. The fourth-order valence-electron chi connectivity index (χ4n) is 1.37. The summed E-state index contributed by atoms with van der Waals surface area (Å²) in [7, 11) is 1.32. The molecule has 94 valence electrons. The van der Waals surface area contributed by atoms with Gasteiger partial charge in [0.25, 0.3) is 0 Å². The van der Waals surface area contributed by atoms with Crippen molar-refractivity contribution in [3.63, 3.8) is 0 Å². The summed E-state index contributed by atoms with van der Waals surface area (Å²) in [6, 6.07) is 3.98. The fraction of sp³-hybridized carbons (Fsp3) is 0.417. The summed E-state index contributed by atoms with van der Waals surface area (Å²) in [5.41, 5.74) is 0.278. The molecule has 0 saturated carbocycles. The van der Waals surface area contributed by atoms with Gasteiger partial charge in [0.05, 0.1) is 18.7 Å². The normalized spacial score (nSPS) is 13.9. The molecule has 0 saturated heterocycles. The number of carbonyl (C=O) groups is 1. The molecular weight excluding hydrogens is 245 g/mol. The van der Waals surface area contributed by atoms with Crippen LogP contribution in [-0.4, -0.2) is 19.1 Å². The molecular formula is C12H15ClFNO2. The maximum Gasteiger partial charge on any atom is 0.310 e. The van der Waals surface area contributed by atoms with Gasteiger partial charge in [-0.3, -0.25) is 4.79 Å². The molecule has 2 unspecified atom stereocenters. The van der Waals surface area contributed by atoms with Crippen molar-refractivity contribution in [3.05, 3.63) is 29.0 Å². The third-order valence-electron chi connectivity index (χ3n) is 2.63. The van der Waals surface area contributed by atoms with E-state index in [0.29, 0.717) is 5.02 Å². The lowest BCUT2D eigenvalue weighted by Crippen LogP contribution is -2.31. The van der Waals surface area contributed by atoms with Crippen LogP contribution >= 0.6 is 11.6 Å². The Labute approximate surface area is 105 Å². The molecule has 5 heteroatoms. The number of ether oxygens (including phenoxy) is 1. The van der Waals surface area contributed by atoms with Gasteiger partial charge in [0.2, 0.25) is 0 Å². The average molecular weight is 260 g/mol. The number of hydrogen-bond acceptors (Lipinski definition) is 3. The number of esters is 1. The lowest BCUT2D eigenvalue weighted by molar-refractivity contribution is -0.145. The molecule has 17 heavy (non-hydrogen) atoms. The van der Waals surface area contributed by atoms with Gasteiger partial charge in [-0.25, -0.2) is 4.39 Å². The average Bonchev–Trinajstić information content (AvgIpc) is 2.31. The van der Waals surface area contributed by atoms with Crippen LogP contribution < -0.4 is 5.32 Å². The van der Waals surface area contributed by atoms with E-state index in [0.717, 1.165) is 0 Å². The van der Waals surface area contributed by atoms with Crippen molar-refractivity contribution < 1.29 is 13.9 Å². The quantitative estimate of drug-likeness (QED) is 0.845. The highest BCUT2D eigenvalue weighted by Crippen LogP contribution is 2.21. The second kappa shape index (κ2) is 5.87. The Kier molecular flexibility index (Phi) is 4.75. The molecule has 0 radical (unpaired) electrons. The van der Waals surface area contributed by atoms with Gasteiger partial charge >= 0.3 is 5.97 Å². The largest absolute Gasteiger partial charge is 0.469 e. The van der Waals surface area contributed by atoms with Crippen LogP contribution in [-0.2, 0) is 9.53 Å². The van der Waals surface area contributed by atoms with E-state index in [1.807, 2.05) is 0 Å². The van der Waals surface area contributed by atoms with Crippen molar-refractivity contribution >= 4 is 23.3 Å². The number of rotatable bonds is 4. The fourth-order valence-corrected chi connectivity index (χ4v) is 1.54. The minimum atomic E-state index is -0.404. The second-order valence-corrected chi connectivity index (χ2v) is 4.31. The summed E-state index contributed by atoms with van der Waals surface area (Å²) in [4.78, 5) is 11.3. The molecule has 0 aliphatic rings. The predicted octanol–water partition coefficient (Wildman–Crippen LogP) is 3.09. The molecule has 0 fully saturated rings. The second-order valence-electron chi connectivity index (χ2n) is 3.87. The van der Waals surface area contributed by atoms with Crippen molar-refractivity contribution in [2.45, 2.75) is 19.9 Å². The molecule has 1 aromatic carbocycles. The van der Waals surface area contributed by atoms with Crippen LogP contribution in [0.3, 0.4) is 0 Å². The summed E-state index contributed by atoms with van der Waals surface area (Å²) >= 11 is 5.77. The minimum Gasteiger partial charge on any atom is -0.469 e. The maximum atomic E-state index is 13.4. The van der Waals surface area contributed by atoms with Crippen LogP contribution in [0.2, 0.25) is 5.02 Å². The van der Waals surface area contributed by atoms with Gasteiger partial charge in [-0.1, -0.05) is 11.6 Å². The van der Waals surface area contributed by atoms with Crippen LogP contribution in [0.4, 0.5) is 10.1 Å². The van der Waals surface area contributed by atoms with Crippen molar-refractivity contribution in [1.29, 1.82) is 0 Å². The Hall–Kier alpha value is -1.29. The lowest BCUT2D eigenvalue weighted by atomic mass is 10.0. The smallest absolute Gasteiger partial charge is 0.310 e. The topological polar surface area (TPSA) is 38.3 Å². The highest BCUT2D eigenvalue weighted by Gasteiger charge is 2.21. The zero-order valence-corrected chi connectivity index (χ0v) is 10.7. The van der Waals surface area contributed by atoms with Crippen LogP contribution in [0.15, 0.2) is 18.2 Å². The van der Waals surface area contributed by atoms with E-state index < -0.39 is 5.82 Å². The molecule has 1 rings (SSSR count). The highest BCUT2D eigenvalue weighted by atomic mass is 35.5. The van der Waals surface area contributed by atoms with E-state index in [1.54, 1.807) is 13.8 Å². The number of halogens is 2. The first-order valence-corrected chi connectivity index (χ1v) is 5.63. The molecule has 0 aromatic heterocycles. The van der Waals surface area contributed by atoms with E-state index in [9.17, 15) is 9.18 Å². The standard InChI is InChI=1S/C12H15ClFNO2/c1-7(12(16)17-3)8(2)15-11-6-9(13)4-5-10(11)14/h4-8,15H,1-3H3. The molecule has 0 heterocycles. The van der Waals surface area contributed by atoms with Crippen LogP contribution in [0.1, 0.15) is 13.8 Å². The van der Waals surface area contributed by atoms with Gasteiger partial charge in [0.1, 0.15) is 5.82 Å². The molecule has 0 spiro atoms. The molecule has 1 aromatic rings. The van der Waals surface area contributed by atoms with E-state index >= 15 is 0 Å².